The second-order valence-electron chi connectivity index (χ2n) is 7.55. The molecule has 1 saturated heterocycles. The predicted molar refractivity (Wildman–Crippen MR) is 113 cm³/mol. The van der Waals surface area contributed by atoms with Gasteiger partial charge in [-0.15, -0.1) is 0 Å². The molecule has 0 radical (unpaired) electrons. The van der Waals surface area contributed by atoms with E-state index in [0.29, 0.717) is 43.1 Å². The highest BCUT2D eigenvalue weighted by Crippen LogP contribution is 2.18. The quantitative estimate of drug-likeness (QED) is 0.692. The Hall–Kier alpha value is -3.80. The molecule has 31 heavy (non-hydrogen) atoms. The maximum atomic E-state index is 13.3. The lowest BCUT2D eigenvalue weighted by molar-refractivity contribution is -0.133. The number of carbonyl (C=O) groups excluding carboxylic acids is 1. The summed E-state index contributed by atoms with van der Waals surface area (Å²) < 4.78 is 13.3. The van der Waals surface area contributed by atoms with E-state index in [2.05, 4.69) is 19.9 Å². The number of fused-ring (bicyclic) bond motifs is 1. The van der Waals surface area contributed by atoms with Crippen LogP contribution in [-0.2, 0) is 11.2 Å². The molecule has 1 aliphatic heterocycles. The summed E-state index contributed by atoms with van der Waals surface area (Å²) in [6.45, 7) is 3.75. The zero-order valence-electron chi connectivity index (χ0n) is 17.0. The van der Waals surface area contributed by atoms with Crippen molar-refractivity contribution < 1.29 is 9.18 Å². The Morgan fingerprint density at radius 1 is 1.29 bits per heavy atom. The summed E-state index contributed by atoms with van der Waals surface area (Å²) in [5.74, 6) is 0.617. The molecule has 8 nitrogen and oxygen atoms in total. The lowest BCUT2D eigenvalue weighted by atomic mass is 10.1. The van der Waals surface area contributed by atoms with E-state index >= 15 is 0 Å². The number of carbonyl (C=O) groups is 1. The summed E-state index contributed by atoms with van der Waals surface area (Å²) in [6, 6.07) is 11.2. The molecular formula is C22H21FN6O2. The molecule has 0 aliphatic carbocycles. The Labute approximate surface area is 178 Å². The number of H-pyrrole nitrogens is 1. The van der Waals surface area contributed by atoms with Crippen LogP contribution in [0.1, 0.15) is 24.9 Å². The number of amides is 1. The molecule has 1 aromatic carbocycles. The monoisotopic (exact) mass is 420 g/mol. The average molecular weight is 420 g/mol. The van der Waals surface area contributed by atoms with E-state index in [4.69, 9.17) is 5.26 Å². The minimum atomic E-state index is -0.495. The van der Waals surface area contributed by atoms with Gasteiger partial charge in [0, 0.05) is 38.5 Å². The van der Waals surface area contributed by atoms with E-state index in [1.165, 1.54) is 12.1 Å². The normalized spacial score (nSPS) is 16.4. The van der Waals surface area contributed by atoms with Crippen LogP contribution < -0.4 is 10.5 Å². The number of nitrogens with one attached hydrogen (secondary N) is 1. The number of hydrogen-bond donors (Lipinski definition) is 1. The number of rotatable bonds is 4. The summed E-state index contributed by atoms with van der Waals surface area (Å²) in [5, 5.41) is 9.23. The molecule has 1 atom stereocenters. The molecule has 1 amide bonds. The molecule has 3 heterocycles. The first-order valence-electron chi connectivity index (χ1n) is 10.0. The number of nitriles is 1. The van der Waals surface area contributed by atoms with Crippen molar-refractivity contribution in [1.82, 2.24) is 19.9 Å². The molecule has 0 saturated carbocycles. The molecular weight excluding hydrogens is 399 g/mol. The van der Waals surface area contributed by atoms with Crippen molar-refractivity contribution in [1.29, 1.82) is 5.26 Å². The molecule has 0 unspecified atom stereocenters. The van der Waals surface area contributed by atoms with Crippen LogP contribution in [0.15, 0.2) is 41.2 Å². The lowest BCUT2D eigenvalue weighted by Crippen LogP contribution is -2.54. The number of pyridine rings is 1. The predicted octanol–water partition coefficient (Wildman–Crippen LogP) is 2.00. The molecule has 3 aromatic rings. The highest BCUT2D eigenvalue weighted by Gasteiger charge is 2.28. The number of hydrogen-bond acceptors (Lipinski definition) is 6. The molecule has 1 N–H and O–H groups in total. The van der Waals surface area contributed by atoms with Gasteiger partial charge in [-0.1, -0.05) is 6.07 Å². The van der Waals surface area contributed by atoms with Crippen LogP contribution >= 0.6 is 0 Å². The SMILES string of the molecule is C[C@@H]1CN(c2cccc(C#N)n2)CCN1C(=O)CCc1nc2ccc(F)cc2c(=O)[nH]1. The van der Waals surface area contributed by atoms with E-state index in [-0.39, 0.29) is 23.8 Å². The second-order valence-corrected chi connectivity index (χ2v) is 7.55. The van der Waals surface area contributed by atoms with Gasteiger partial charge in [-0.3, -0.25) is 9.59 Å². The fraction of sp³-hybridized carbons (Fsp3) is 0.318. The van der Waals surface area contributed by atoms with Crippen LogP contribution in [0.3, 0.4) is 0 Å². The highest BCUT2D eigenvalue weighted by atomic mass is 19.1. The van der Waals surface area contributed by atoms with E-state index in [0.717, 1.165) is 11.9 Å². The second kappa shape index (κ2) is 8.52. The van der Waals surface area contributed by atoms with Crippen molar-refractivity contribution >= 4 is 22.6 Å². The maximum absolute atomic E-state index is 13.3. The van der Waals surface area contributed by atoms with E-state index < -0.39 is 11.4 Å². The first-order chi connectivity index (χ1) is 14.9. The number of halogens is 1. The third-order valence-corrected chi connectivity index (χ3v) is 5.41. The topological polar surface area (TPSA) is 106 Å². The standard InChI is InChI=1S/C22H21FN6O2/c1-14-13-28(20-4-2-3-16(12-24)25-20)9-10-29(14)21(30)8-7-19-26-18-6-5-15(23)11-17(18)22(31)27-19/h2-6,11,14H,7-10,13H2,1H3,(H,26,27,31)/t14-/m1/s1. The molecule has 0 bridgehead atoms. The number of benzene rings is 1. The minimum absolute atomic E-state index is 0.0206. The molecule has 0 spiro atoms. The van der Waals surface area contributed by atoms with Gasteiger partial charge >= 0.3 is 0 Å². The first-order valence-corrected chi connectivity index (χ1v) is 10.0. The minimum Gasteiger partial charge on any atom is -0.353 e. The Morgan fingerprint density at radius 3 is 2.90 bits per heavy atom. The zero-order valence-corrected chi connectivity index (χ0v) is 17.0. The van der Waals surface area contributed by atoms with Gasteiger partial charge in [-0.25, -0.2) is 14.4 Å². The van der Waals surface area contributed by atoms with Gasteiger partial charge in [-0.2, -0.15) is 5.26 Å². The zero-order chi connectivity index (χ0) is 22.0. The van der Waals surface area contributed by atoms with Gasteiger partial charge in [0.25, 0.3) is 5.56 Å². The van der Waals surface area contributed by atoms with Crippen LogP contribution in [0.2, 0.25) is 0 Å². The fourth-order valence-corrected chi connectivity index (χ4v) is 3.84. The number of nitrogens with zero attached hydrogens (tertiary/aromatic N) is 5. The largest absolute Gasteiger partial charge is 0.353 e. The summed E-state index contributed by atoms with van der Waals surface area (Å²) >= 11 is 0. The van der Waals surface area contributed by atoms with Gasteiger partial charge < -0.3 is 14.8 Å². The average Bonchev–Trinajstić information content (AvgIpc) is 2.78. The fourth-order valence-electron chi connectivity index (χ4n) is 3.84. The van der Waals surface area contributed by atoms with E-state index in [1.807, 2.05) is 24.0 Å². The smallest absolute Gasteiger partial charge is 0.258 e. The molecule has 2 aromatic heterocycles. The van der Waals surface area contributed by atoms with Gasteiger partial charge in [0.15, 0.2) is 0 Å². The van der Waals surface area contributed by atoms with Gasteiger partial charge in [-0.05, 0) is 37.3 Å². The lowest BCUT2D eigenvalue weighted by Gasteiger charge is -2.40. The summed E-state index contributed by atoms with van der Waals surface area (Å²) in [4.78, 5) is 40.2. The Kier molecular flexibility index (Phi) is 5.62. The number of anilines is 1. The van der Waals surface area contributed by atoms with Crippen molar-refractivity contribution in [3.05, 3.63) is 64.1 Å². The number of piperazine rings is 1. The van der Waals surface area contributed by atoms with Gasteiger partial charge in [0.2, 0.25) is 5.91 Å². The maximum Gasteiger partial charge on any atom is 0.258 e. The van der Waals surface area contributed by atoms with Crippen molar-refractivity contribution in [2.45, 2.75) is 25.8 Å². The Morgan fingerprint density at radius 2 is 2.13 bits per heavy atom. The van der Waals surface area contributed by atoms with Crippen LogP contribution in [0.25, 0.3) is 10.9 Å². The Balaban J connectivity index is 1.39. The van der Waals surface area contributed by atoms with Crippen molar-refractivity contribution in [3.8, 4) is 6.07 Å². The van der Waals surface area contributed by atoms with Crippen molar-refractivity contribution in [2.24, 2.45) is 0 Å². The molecule has 1 aliphatic rings. The summed E-state index contributed by atoms with van der Waals surface area (Å²) in [7, 11) is 0. The number of aromatic amines is 1. The van der Waals surface area contributed by atoms with E-state index in [1.54, 1.807) is 12.1 Å². The third-order valence-electron chi connectivity index (χ3n) is 5.41. The van der Waals surface area contributed by atoms with Crippen LogP contribution in [0.4, 0.5) is 10.2 Å². The highest BCUT2D eigenvalue weighted by molar-refractivity contribution is 5.78. The van der Waals surface area contributed by atoms with Gasteiger partial charge in [0.1, 0.15) is 29.2 Å². The number of aromatic nitrogens is 3. The van der Waals surface area contributed by atoms with Crippen molar-refractivity contribution in [3.63, 3.8) is 0 Å². The van der Waals surface area contributed by atoms with Crippen LogP contribution in [0, 0.1) is 17.1 Å². The molecule has 158 valence electrons. The van der Waals surface area contributed by atoms with Crippen LogP contribution in [-0.4, -0.2) is 51.4 Å². The molecule has 1 fully saturated rings. The van der Waals surface area contributed by atoms with E-state index in [9.17, 15) is 14.0 Å². The summed E-state index contributed by atoms with van der Waals surface area (Å²) in [6.07, 6.45) is 0.502. The summed E-state index contributed by atoms with van der Waals surface area (Å²) in [5.41, 5.74) is 0.353. The third kappa shape index (κ3) is 4.38. The molecule has 4 rings (SSSR count). The Bertz CT molecular complexity index is 1230. The molecule has 9 heteroatoms. The van der Waals surface area contributed by atoms with Crippen LogP contribution in [0.5, 0.6) is 0 Å². The first kappa shape index (κ1) is 20.5. The van der Waals surface area contributed by atoms with Gasteiger partial charge in [0.05, 0.1) is 10.9 Å². The van der Waals surface area contributed by atoms with Crippen molar-refractivity contribution in [2.75, 3.05) is 24.5 Å². The number of aryl methyl sites for hydroxylation is 1.